The highest BCUT2D eigenvalue weighted by atomic mass is 35.5. The van der Waals surface area contributed by atoms with Gasteiger partial charge < -0.3 is 5.32 Å². The lowest BCUT2D eigenvalue weighted by molar-refractivity contribution is 0.627. The van der Waals surface area contributed by atoms with Gasteiger partial charge in [-0.1, -0.05) is 53.0 Å². The van der Waals surface area contributed by atoms with Crippen molar-refractivity contribution in [2.24, 2.45) is 0 Å². The number of para-hydroxylation sites is 1. The summed E-state index contributed by atoms with van der Waals surface area (Å²) in [6.07, 6.45) is 0. The highest BCUT2D eigenvalue weighted by Crippen LogP contribution is 2.33. The van der Waals surface area contributed by atoms with E-state index in [1.165, 1.54) is 6.07 Å². The van der Waals surface area contributed by atoms with Gasteiger partial charge in [0.2, 0.25) is 0 Å². The zero-order valence-electron chi connectivity index (χ0n) is 10.1. The molecule has 0 saturated heterocycles. The van der Waals surface area contributed by atoms with Crippen LogP contribution in [0.5, 0.6) is 0 Å². The van der Waals surface area contributed by atoms with Gasteiger partial charge >= 0.3 is 0 Å². The van der Waals surface area contributed by atoms with Gasteiger partial charge in [-0.15, -0.1) is 0 Å². The minimum atomic E-state index is -0.405. The number of benzene rings is 2. The molecule has 0 bridgehead atoms. The molecule has 0 saturated carbocycles. The number of hydrogen-bond acceptors (Lipinski definition) is 1. The summed E-state index contributed by atoms with van der Waals surface area (Å²) >= 11 is 18.1. The van der Waals surface area contributed by atoms with Gasteiger partial charge in [-0.25, -0.2) is 4.39 Å². The molecule has 0 spiro atoms. The Morgan fingerprint density at radius 1 is 1.00 bits per heavy atom. The van der Waals surface area contributed by atoms with Crippen LogP contribution in [0.25, 0.3) is 0 Å². The summed E-state index contributed by atoms with van der Waals surface area (Å²) in [6.45, 7) is 1.86. The van der Waals surface area contributed by atoms with Crippen molar-refractivity contribution >= 4 is 40.5 Å². The predicted molar refractivity (Wildman–Crippen MR) is 79.9 cm³/mol. The van der Waals surface area contributed by atoms with Crippen LogP contribution in [0.15, 0.2) is 36.4 Å². The van der Waals surface area contributed by atoms with E-state index in [4.69, 9.17) is 34.8 Å². The summed E-state index contributed by atoms with van der Waals surface area (Å²) in [5.41, 5.74) is 1.04. The Labute approximate surface area is 126 Å². The molecule has 1 atom stereocenters. The Kier molecular flexibility index (Phi) is 4.56. The molecule has 100 valence electrons. The van der Waals surface area contributed by atoms with Gasteiger partial charge in [-0.3, -0.25) is 0 Å². The largest absolute Gasteiger partial charge is 0.375 e. The van der Waals surface area contributed by atoms with Crippen LogP contribution in [-0.2, 0) is 0 Å². The maximum atomic E-state index is 13.7. The van der Waals surface area contributed by atoms with Crippen LogP contribution in [0.4, 0.5) is 10.1 Å². The number of halogens is 4. The highest BCUT2D eigenvalue weighted by molar-refractivity contribution is 6.42. The monoisotopic (exact) mass is 317 g/mol. The second-order valence-corrected chi connectivity index (χ2v) is 5.30. The normalized spacial score (nSPS) is 12.3. The third-order valence-corrected chi connectivity index (χ3v) is 3.92. The molecule has 0 radical (unpaired) electrons. The van der Waals surface area contributed by atoms with E-state index in [-0.39, 0.29) is 11.7 Å². The quantitative estimate of drug-likeness (QED) is 0.736. The lowest BCUT2D eigenvalue weighted by atomic mass is 10.1. The van der Waals surface area contributed by atoms with Crippen LogP contribution in [-0.4, -0.2) is 0 Å². The summed E-state index contributed by atoms with van der Waals surface area (Å²) in [7, 11) is 0. The summed E-state index contributed by atoms with van der Waals surface area (Å²) in [5, 5.41) is 4.26. The van der Waals surface area contributed by atoms with Gasteiger partial charge in [0, 0.05) is 0 Å². The first-order chi connectivity index (χ1) is 9.00. The molecule has 19 heavy (non-hydrogen) atoms. The third kappa shape index (κ3) is 3.14. The fourth-order valence-electron chi connectivity index (χ4n) is 1.78. The molecule has 0 aromatic heterocycles. The molecule has 0 amide bonds. The number of nitrogens with one attached hydrogen (secondary N) is 1. The molecule has 0 aliphatic rings. The van der Waals surface area contributed by atoms with E-state index in [9.17, 15) is 4.39 Å². The maximum Gasteiger partial charge on any atom is 0.147 e. The van der Waals surface area contributed by atoms with Crippen molar-refractivity contribution in [1.82, 2.24) is 0 Å². The first-order valence-electron chi connectivity index (χ1n) is 5.65. The Morgan fingerprint density at radius 2 is 1.63 bits per heavy atom. The first kappa shape index (κ1) is 14.4. The average molecular weight is 319 g/mol. The smallest absolute Gasteiger partial charge is 0.147 e. The minimum Gasteiger partial charge on any atom is -0.375 e. The van der Waals surface area contributed by atoms with Crippen LogP contribution in [0.3, 0.4) is 0 Å². The van der Waals surface area contributed by atoms with E-state index >= 15 is 0 Å². The zero-order chi connectivity index (χ0) is 14.0. The Bertz CT molecular complexity index is 581. The van der Waals surface area contributed by atoms with E-state index in [0.29, 0.717) is 15.1 Å². The van der Waals surface area contributed by atoms with Crippen molar-refractivity contribution in [1.29, 1.82) is 0 Å². The molecule has 0 fully saturated rings. The number of anilines is 1. The van der Waals surface area contributed by atoms with Crippen molar-refractivity contribution in [3.05, 3.63) is 62.8 Å². The topological polar surface area (TPSA) is 12.0 Å². The van der Waals surface area contributed by atoms with Gasteiger partial charge in [0.1, 0.15) is 5.82 Å². The summed E-state index contributed by atoms with van der Waals surface area (Å²) in [6, 6.07) is 9.64. The molecule has 5 heteroatoms. The van der Waals surface area contributed by atoms with Crippen molar-refractivity contribution < 1.29 is 4.39 Å². The third-order valence-electron chi connectivity index (χ3n) is 2.77. The standard InChI is InChI=1S/C14H11Cl3FN/c1-8(9-4-2-5-10(15)13(9)17)19-14-11(16)6-3-7-12(14)18/h2-8,19H,1H3. The van der Waals surface area contributed by atoms with E-state index < -0.39 is 5.82 Å². The summed E-state index contributed by atoms with van der Waals surface area (Å²) < 4.78 is 13.7. The van der Waals surface area contributed by atoms with E-state index in [1.54, 1.807) is 24.3 Å². The molecule has 2 aromatic carbocycles. The van der Waals surface area contributed by atoms with Gasteiger partial charge in [0.15, 0.2) is 0 Å². The number of rotatable bonds is 3. The van der Waals surface area contributed by atoms with Gasteiger partial charge in [0.25, 0.3) is 0 Å². The Hall–Kier alpha value is -0.960. The van der Waals surface area contributed by atoms with E-state index in [1.807, 2.05) is 13.0 Å². The summed E-state index contributed by atoms with van der Waals surface area (Å²) in [5.74, 6) is -0.405. The highest BCUT2D eigenvalue weighted by Gasteiger charge is 2.15. The summed E-state index contributed by atoms with van der Waals surface area (Å²) in [4.78, 5) is 0. The molecule has 1 N–H and O–H groups in total. The molecule has 2 rings (SSSR count). The lowest BCUT2D eigenvalue weighted by Gasteiger charge is -2.18. The van der Waals surface area contributed by atoms with Crippen LogP contribution >= 0.6 is 34.8 Å². The van der Waals surface area contributed by atoms with E-state index in [2.05, 4.69) is 5.32 Å². The molecular formula is C14H11Cl3FN. The molecule has 0 heterocycles. The van der Waals surface area contributed by atoms with Crippen LogP contribution in [0.2, 0.25) is 15.1 Å². The number of hydrogen-bond donors (Lipinski definition) is 1. The molecule has 1 nitrogen and oxygen atoms in total. The second kappa shape index (κ2) is 6.00. The fraction of sp³-hybridized carbons (Fsp3) is 0.143. The maximum absolute atomic E-state index is 13.7. The zero-order valence-corrected chi connectivity index (χ0v) is 12.3. The fourth-order valence-corrected chi connectivity index (χ4v) is 2.47. The van der Waals surface area contributed by atoms with Crippen molar-refractivity contribution in [2.75, 3.05) is 5.32 Å². The molecule has 2 aromatic rings. The van der Waals surface area contributed by atoms with Crippen LogP contribution in [0.1, 0.15) is 18.5 Å². The van der Waals surface area contributed by atoms with Gasteiger partial charge in [-0.2, -0.15) is 0 Å². The van der Waals surface area contributed by atoms with Crippen molar-refractivity contribution in [2.45, 2.75) is 13.0 Å². The van der Waals surface area contributed by atoms with Gasteiger partial charge in [-0.05, 0) is 30.7 Å². The van der Waals surface area contributed by atoms with E-state index in [0.717, 1.165) is 5.56 Å². The Morgan fingerprint density at radius 3 is 2.32 bits per heavy atom. The van der Waals surface area contributed by atoms with Crippen molar-refractivity contribution in [3.63, 3.8) is 0 Å². The Balaban J connectivity index is 2.31. The molecular weight excluding hydrogens is 308 g/mol. The lowest BCUT2D eigenvalue weighted by Crippen LogP contribution is -2.09. The van der Waals surface area contributed by atoms with Crippen molar-refractivity contribution in [3.8, 4) is 0 Å². The van der Waals surface area contributed by atoms with Crippen LogP contribution in [0, 0.1) is 5.82 Å². The molecule has 1 unspecified atom stereocenters. The van der Waals surface area contributed by atoms with Crippen LogP contribution < -0.4 is 5.32 Å². The van der Waals surface area contributed by atoms with Gasteiger partial charge in [0.05, 0.1) is 26.8 Å². The second-order valence-electron chi connectivity index (χ2n) is 4.11. The average Bonchev–Trinajstić information content (AvgIpc) is 2.37. The first-order valence-corrected chi connectivity index (χ1v) is 6.78. The molecule has 0 aliphatic heterocycles. The minimum absolute atomic E-state index is 0.222. The SMILES string of the molecule is CC(Nc1c(F)cccc1Cl)c1cccc(Cl)c1Cl. The molecule has 0 aliphatic carbocycles. The predicted octanol–water partition coefficient (Wildman–Crippen LogP) is 5.96.